The van der Waals surface area contributed by atoms with Gasteiger partial charge in [0.2, 0.25) is 0 Å². The van der Waals surface area contributed by atoms with E-state index in [4.69, 9.17) is 15.0 Å². The zero-order chi connectivity index (χ0) is 18.3. The second-order valence-corrected chi connectivity index (χ2v) is 6.75. The van der Waals surface area contributed by atoms with Crippen LogP contribution in [0.15, 0.2) is 23.7 Å². The van der Waals surface area contributed by atoms with E-state index in [1.54, 1.807) is 0 Å². The zero-order valence-electron chi connectivity index (χ0n) is 14.0. The zero-order valence-corrected chi connectivity index (χ0v) is 14.0. The first-order chi connectivity index (χ1) is 10.9. The quantitative estimate of drug-likeness (QED) is 0.669. The van der Waals surface area contributed by atoms with E-state index in [-0.39, 0.29) is 12.1 Å². The van der Waals surface area contributed by atoms with Gasteiger partial charge in [-0.3, -0.25) is 0 Å². The summed E-state index contributed by atoms with van der Waals surface area (Å²) in [6.45, 7) is 7.47. The summed E-state index contributed by atoms with van der Waals surface area (Å²) in [6, 6.07) is 2.36. The third-order valence-corrected chi connectivity index (χ3v) is 4.46. The highest BCUT2D eigenvalue weighted by Gasteiger charge is 2.52. The Morgan fingerprint density at radius 2 is 1.71 bits per heavy atom. The number of rotatable bonds is 3. The number of alkyl halides is 3. The molecule has 1 aromatic rings. The van der Waals surface area contributed by atoms with Gasteiger partial charge in [0.1, 0.15) is 5.82 Å². The molecular formula is C16H20BF4NO2. The molecule has 0 unspecified atom stereocenters. The van der Waals surface area contributed by atoms with Gasteiger partial charge in [0, 0.05) is 12.1 Å². The summed E-state index contributed by atoms with van der Waals surface area (Å²) in [5.74, 6) is -0.979. The predicted octanol–water partition coefficient (Wildman–Crippen LogP) is 3.82. The molecule has 1 fully saturated rings. The van der Waals surface area contributed by atoms with Gasteiger partial charge in [-0.15, -0.1) is 0 Å². The molecule has 1 aliphatic rings. The van der Waals surface area contributed by atoms with Crippen molar-refractivity contribution >= 4 is 13.2 Å². The molecule has 0 bridgehead atoms. The largest absolute Gasteiger partial charge is 0.491 e. The first-order valence-electron chi connectivity index (χ1n) is 7.50. The lowest BCUT2D eigenvalue weighted by Gasteiger charge is -2.32. The maximum absolute atomic E-state index is 14.0. The van der Waals surface area contributed by atoms with Gasteiger partial charge in [0.05, 0.1) is 16.8 Å². The summed E-state index contributed by atoms with van der Waals surface area (Å²) < 4.78 is 63.5. The van der Waals surface area contributed by atoms with Crippen molar-refractivity contribution in [3.05, 3.63) is 40.6 Å². The smallest absolute Gasteiger partial charge is 0.400 e. The molecule has 0 spiro atoms. The van der Waals surface area contributed by atoms with Crippen LogP contribution in [0.25, 0.3) is 6.08 Å². The van der Waals surface area contributed by atoms with Crippen LogP contribution >= 0.6 is 0 Å². The standard InChI is InChI=1S/C16H20BF4NO2/c1-14(2)15(3,4)24-17(23-14)12(9-22)7-10-5-6-11(8-13(10)18)16(19,20)21/h5-8H,9,22H2,1-4H3. The van der Waals surface area contributed by atoms with Crippen molar-refractivity contribution < 1.29 is 26.9 Å². The van der Waals surface area contributed by atoms with Crippen molar-refractivity contribution in [1.29, 1.82) is 0 Å². The van der Waals surface area contributed by atoms with Crippen LogP contribution in [0, 0.1) is 5.82 Å². The minimum absolute atomic E-state index is 0.00170. The number of halogens is 4. The van der Waals surface area contributed by atoms with E-state index in [1.807, 2.05) is 27.7 Å². The molecule has 0 atom stereocenters. The lowest BCUT2D eigenvalue weighted by molar-refractivity contribution is -0.137. The first-order valence-corrected chi connectivity index (χ1v) is 7.50. The Morgan fingerprint density at radius 3 is 2.12 bits per heavy atom. The van der Waals surface area contributed by atoms with Crippen LogP contribution in [0.2, 0.25) is 0 Å². The molecule has 1 aromatic carbocycles. The van der Waals surface area contributed by atoms with E-state index in [0.717, 1.165) is 12.1 Å². The van der Waals surface area contributed by atoms with Crippen LogP contribution in [0.3, 0.4) is 0 Å². The molecule has 0 amide bonds. The van der Waals surface area contributed by atoms with Crippen LogP contribution in [-0.4, -0.2) is 24.9 Å². The average Bonchev–Trinajstić information content (AvgIpc) is 2.64. The third-order valence-electron chi connectivity index (χ3n) is 4.46. The molecule has 2 rings (SSSR count). The SMILES string of the molecule is CC1(C)OB(C(=Cc2ccc(C(F)(F)F)cc2F)CN)OC1(C)C. The molecule has 132 valence electrons. The minimum atomic E-state index is -4.59. The maximum Gasteiger partial charge on any atom is 0.491 e. The van der Waals surface area contributed by atoms with E-state index in [1.165, 1.54) is 6.08 Å². The fourth-order valence-corrected chi connectivity index (χ4v) is 2.24. The second kappa shape index (κ2) is 6.17. The van der Waals surface area contributed by atoms with Gasteiger partial charge in [-0.25, -0.2) is 4.39 Å². The molecule has 1 heterocycles. The maximum atomic E-state index is 14.0. The van der Waals surface area contributed by atoms with Crippen LogP contribution < -0.4 is 5.73 Å². The Morgan fingerprint density at radius 1 is 1.17 bits per heavy atom. The Labute approximate surface area is 139 Å². The lowest BCUT2D eigenvalue weighted by atomic mass is 9.77. The number of hydrogen-bond acceptors (Lipinski definition) is 3. The van der Waals surface area contributed by atoms with Gasteiger partial charge < -0.3 is 15.0 Å². The summed E-state index contributed by atoms with van der Waals surface area (Å²) in [5.41, 5.74) is 3.92. The fourth-order valence-electron chi connectivity index (χ4n) is 2.24. The van der Waals surface area contributed by atoms with Gasteiger partial charge in [0.25, 0.3) is 0 Å². The van der Waals surface area contributed by atoms with Gasteiger partial charge in [0.15, 0.2) is 0 Å². The van der Waals surface area contributed by atoms with E-state index in [2.05, 4.69) is 0 Å². The Hall–Kier alpha value is -1.38. The summed E-state index contributed by atoms with van der Waals surface area (Å²) in [5, 5.41) is 0. The highest BCUT2D eigenvalue weighted by molar-refractivity contribution is 6.55. The van der Waals surface area contributed by atoms with E-state index in [0.29, 0.717) is 11.5 Å². The van der Waals surface area contributed by atoms with E-state index in [9.17, 15) is 17.6 Å². The summed E-state index contributed by atoms with van der Waals surface area (Å²) in [7, 11) is -0.776. The van der Waals surface area contributed by atoms with Crippen molar-refractivity contribution in [1.82, 2.24) is 0 Å². The Kier molecular flexibility index (Phi) is 4.87. The van der Waals surface area contributed by atoms with Crippen LogP contribution in [0.4, 0.5) is 17.6 Å². The average molecular weight is 345 g/mol. The van der Waals surface area contributed by atoms with Crippen LogP contribution in [-0.2, 0) is 15.5 Å². The van der Waals surface area contributed by atoms with Crippen molar-refractivity contribution in [3.63, 3.8) is 0 Å². The topological polar surface area (TPSA) is 44.5 Å². The fraction of sp³-hybridized carbons (Fsp3) is 0.500. The van der Waals surface area contributed by atoms with E-state index >= 15 is 0 Å². The Bertz CT molecular complexity index is 640. The van der Waals surface area contributed by atoms with E-state index < -0.39 is 35.9 Å². The molecule has 2 N–H and O–H groups in total. The third kappa shape index (κ3) is 3.65. The number of benzene rings is 1. The Balaban J connectivity index is 2.32. The number of nitrogens with two attached hydrogens (primary N) is 1. The molecule has 8 heteroatoms. The van der Waals surface area contributed by atoms with Crippen molar-refractivity contribution in [2.75, 3.05) is 6.54 Å². The van der Waals surface area contributed by atoms with Crippen LogP contribution in [0.1, 0.15) is 38.8 Å². The lowest BCUT2D eigenvalue weighted by Crippen LogP contribution is -2.41. The van der Waals surface area contributed by atoms with Gasteiger partial charge in [-0.05, 0) is 45.3 Å². The van der Waals surface area contributed by atoms with Crippen molar-refractivity contribution in [2.24, 2.45) is 5.73 Å². The van der Waals surface area contributed by atoms with Gasteiger partial charge >= 0.3 is 13.3 Å². The highest BCUT2D eigenvalue weighted by atomic mass is 19.4. The predicted molar refractivity (Wildman–Crippen MR) is 84.5 cm³/mol. The van der Waals surface area contributed by atoms with Crippen molar-refractivity contribution in [3.8, 4) is 0 Å². The van der Waals surface area contributed by atoms with Crippen LogP contribution in [0.5, 0.6) is 0 Å². The highest BCUT2D eigenvalue weighted by Crippen LogP contribution is 2.39. The molecule has 24 heavy (non-hydrogen) atoms. The summed E-state index contributed by atoms with van der Waals surface area (Å²) in [4.78, 5) is 0. The van der Waals surface area contributed by atoms with Crippen molar-refractivity contribution in [2.45, 2.75) is 45.1 Å². The summed E-state index contributed by atoms with van der Waals surface area (Å²) in [6.07, 6.45) is -3.22. The monoisotopic (exact) mass is 345 g/mol. The molecular weight excluding hydrogens is 325 g/mol. The second-order valence-electron chi connectivity index (χ2n) is 6.75. The van der Waals surface area contributed by atoms with Gasteiger partial charge in [-0.1, -0.05) is 12.1 Å². The molecule has 0 radical (unpaired) electrons. The molecule has 0 aromatic heterocycles. The number of hydrogen-bond donors (Lipinski definition) is 1. The first kappa shape index (κ1) is 19.0. The molecule has 0 saturated carbocycles. The normalized spacial score (nSPS) is 20.5. The molecule has 0 aliphatic carbocycles. The molecule has 1 aliphatic heterocycles. The van der Waals surface area contributed by atoms with Gasteiger partial charge in [-0.2, -0.15) is 13.2 Å². The molecule has 1 saturated heterocycles. The molecule has 3 nitrogen and oxygen atoms in total. The minimum Gasteiger partial charge on any atom is -0.400 e. The summed E-state index contributed by atoms with van der Waals surface area (Å²) >= 11 is 0.